The molecule has 0 aliphatic heterocycles. The van der Waals surface area contributed by atoms with E-state index in [2.05, 4.69) is 9.97 Å². The van der Waals surface area contributed by atoms with Crippen molar-refractivity contribution in [3.8, 4) is 22.3 Å². The molecule has 4 nitrogen and oxygen atoms in total. The molecule has 0 bridgehead atoms. The van der Waals surface area contributed by atoms with Crippen LogP contribution in [-0.4, -0.2) is 21.0 Å². The van der Waals surface area contributed by atoms with E-state index < -0.39 is 5.97 Å². The van der Waals surface area contributed by atoms with Gasteiger partial charge in [-0.3, -0.25) is 9.97 Å². The van der Waals surface area contributed by atoms with Crippen molar-refractivity contribution in [2.45, 2.75) is 0 Å². The summed E-state index contributed by atoms with van der Waals surface area (Å²) < 4.78 is 0. The van der Waals surface area contributed by atoms with E-state index in [0.29, 0.717) is 0 Å². The second-order valence-corrected chi connectivity index (χ2v) is 4.92. The van der Waals surface area contributed by atoms with Crippen molar-refractivity contribution in [2.24, 2.45) is 0 Å². The summed E-state index contributed by atoms with van der Waals surface area (Å²) in [7, 11) is 0. The molecule has 0 atom stereocenters. The molecule has 0 spiro atoms. The van der Waals surface area contributed by atoms with Crippen molar-refractivity contribution in [3.05, 3.63) is 78.9 Å². The Bertz CT molecular complexity index is 786. The standard InChI is InChI=1S/C19H14N2O2/c22-19(23)9-8-18-16(14-4-2-10-20-12-14)6-1-7-17(18)15-5-3-11-21-13-15/h1-13H,(H,22,23)/b9-8+. The zero-order chi connectivity index (χ0) is 16.1. The minimum Gasteiger partial charge on any atom is -0.478 e. The Balaban J connectivity index is 2.23. The lowest BCUT2D eigenvalue weighted by Crippen LogP contribution is -1.92. The summed E-state index contributed by atoms with van der Waals surface area (Å²) in [4.78, 5) is 19.3. The zero-order valence-electron chi connectivity index (χ0n) is 12.3. The monoisotopic (exact) mass is 302 g/mol. The van der Waals surface area contributed by atoms with Crippen molar-refractivity contribution in [3.63, 3.8) is 0 Å². The van der Waals surface area contributed by atoms with Crippen LogP contribution in [0.2, 0.25) is 0 Å². The first-order valence-corrected chi connectivity index (χ1v) is 7.10. The van der Waals surface area contributed by atoms with Crippen molar-refractivity contribution in [2.75, 3.05) is 0 Å². The van der Waals surface area contributed by atoms with E-state index >= 15 is 0 Å². The van der Waals surface area contributed by atoms with Crippen molar-refractivity contribution < 1.29 is 9.90 Å². The third-order valence-electron chi connectivity index (χ3n) is 3.44. The number of benzene rings is 1. The van der Waals surface area contributed by atoms with E-state index in [1.807, 2.05) is 42.5 Å². The number of carboxylic acid groups (broad SMARTS) is 1. The highest BCUT2D eigenvalue weighted by molar-refractivity contribution is 5.92. The number of rotatable bonds is 4. The summed E-state index contributed by atoms with van der Waals surface area (Å²) in [5, 5.41) is 8.99. The molecule has 23 heavy (non-hydrogen) atoms. The minimum atomic E-state index is -0.983. The molecule has 3 aromatic rings. The number of carboxylic acids is 1. The number of hydrogen-bond acceptors (Lipinski definition) is 3. The fraction of sp³-hybridized carbons (Fsp3) is 0. The average molecular weight is 302 g/mol. The predicted molar refractivity (Wildman–Crippen MR) is 89.6 cm³/mol. The molecule has 0 saturated heterocycles. The van der Waals surface area contributed by atoms with E-state index in [4.69, 9.17) is 5.11 Å². The van der Waals surface area contributed by atoms with Gasteiger partial charge in [0.05, 0.1) is 0 Å². The highest BCUT2D eigenvalue weighted by atomic mass is 16.4. The molecule has 112 valence electrons. The molecule has 0 radical (unpaired) electrons. The van der Waals surface area contributed by atoms with Gasteiger partial charge in [-0.2, -0.15) is 0 Å². The Morgan fingerprint density at radius 3 is 1.87 bits per heavy atom. The van der Waals surface area contributed by atoms with Crippen molar-refractivity contribution >= 4 is 12.0 Å². The molecule has 0 amide bonds. The summed E-state index contributed by atoms with van der Waals surface area (Å²) in [5.74, 6) is -0.983. The summed E-state index contributed by atoms with van der Waals surface area (Å²) in [6.45, 7) is 0. The number of aromatic nitrogens is 2. The molecule has 0 aliphatic carbocycles. The van der Waals surface area contributed by atoms with Crippen LogP contribution in [0.25, 0.3) is 28.3 Å². The predicted octanol–water partition coefficient (Wildman–Crippen LogP) is 3.91. The van der Waals surface area contributed by atoms with Crippen molar-refractivity contribution in [1.29, 1.82) is 0 Å². The Labute approximate surface area is 133 Å². The van der Waals surface area contributed by atoms with Gasteiger partial charge in [-0.1, -0.05) is 30.3 Å². The number of nitrogens with zero attached hydrogens (tertiary/aromatic N) is 2. The molecule has 0 fully saturated rings. The maximum Gasteiger partial charge on any atom is 0.328 e. The highest BCUT2D eigenvalue weighted by Crippen LogP contribution is 2.32. The smallest absolute Gasteiger partial charge is 0.328 e. The Kier molecular flexibility index (Phi) is 4.25. The van der Waals surface area contributed by atoms with Gasteiger partial charge in [0.2, 0.25) is 0 Å². The normalized spacial score (nSPS) is 10.8. The Morgan fingerprint density at radius 2 is 1.43 bits per heavy atom. The topological polar surface area (TPSA) is 63.1 Å². The molecule has 2 heterocycles. The minimum absolute atomic E-state index is 0.830. The summed E-state index contributed by atoms with van der Waals surface area (Å²) in [6.07, 6.45) is 9.71. The Morgan fingerprint density at radius 1 is 0.870 bits per heavy atom. The van der Waals surface area contributed by atoms with Gasteiger partial charge in [0.15, 0.2) is 0 Å². The largest absolute Gasteiger partial charge is 0.478 e. The van der Waals surface area contributed by atoms with Gasteiger partial charge in [0, 0.05) is 42.0 Å². The molecule has 2 aromatic heterocycles. The van der Waals surface area contributed by atoms with Crippen LogP contribution >= 0.6 is 0 Å². The molecule has 3 rings (SSSR count). The van der Waals surface area contributed by atoms with Gasteiger partial charge < -0.3 is 5.11 Å². The van der Waals surface area contributed by atoms with Gasteiger partial charge in [0.1, 0.15) is 0 Å². The lowest BCUT2D eigenvalue weighted by atomic mass is 9.93. The van der Waals surface area contributed by atoms with Crippen LogP contribution in [0.3, 0.4) is 0 Å². The molecule has 1 N–H and O–H groups in total. The first-order chi connectivity index (χ1) is 11.3. The third-order valence-corrected chi connectivity index (χ3v) is 3.44. The Hall–Kier alpha value is -3.27. The van der Waals surface area contributed by atoms with Crippen LogP contribution in [0.4, 0.5) is 0 Å². The second-order valence-electron chi connectivity index (χ2n) is 4.92. The lowest BCUT2D eigenvalue weighted by Gasteiger charge is -2.12. The molecule has 0 aliphatic rings. The van der Waals surface area contributed by atoms with Gasteiger partial charge in [0.25, 0.3) is 0 Å². The molecule has 1 aromatic carbocycles. The average Bonchev–Trinajstić information content (AvgIpc) is 2.61. The summed E-state index contributed by atoms with van der Waals surface area (Å²) in [6, 6.07) is 13.5. The zero-order valence-corrected chi connectivity index (χ0v) is 12.3. The fourth-order valence-corrected chi connectivity index (χ4v) is 2.45. The quantitative estimate of drug-likeness (QED) is 0.742. The van der Waals surface area contributed by atoms with Gasteiger partial charge in [-0.05, 0) is 34.9 Å². The van der Waals surface area contributed by atoms with E-state index in [1.165, 1.54) is 0 Å². The molecule has 4 heteroatoms. The van der Waals surface area contributed by atoms with Gasteiger partial charge in [-0.15, -0.1) is 0 Å². The number of hydrogen-bond donors (Lipinski definition) is 1. The van der Waals surface area contributed by atoms with Gasteiger partial charge >= 0.3 is 5.97 Å². The van der Waals surface area contributed by atoms with Gasteiger partial charge in [-0.25, -0.2) is 4.79 Å². The maximum absolute atomic E-state index is 11.0. The first kappa shape index (κ1) is 14.7. The summed E-state index contributed by atoms with van der Waals surface area (Å²) >= 11 is 0. The van der Waals surface area contributed by atoms with Crippen LogP contribution in [0.5, 0.6) is 0 Å². The van der Waals surface area contributed by atoms with Crippen molar-refractivity contribution in [1.82, 2.24) is 9.97 Å². The van der Waals surface area contributed by atoms with E-state index in [9.17, 15) is 4.79 Å². The highest BCUT2D eigenvalue weighted by Gasteiger charge is 2.10. The SMILES string of the molecule is O=C(O)/C=C/c1c(-c2cccnc2)cccc1-c1cccnc1. The molecular formula is C19H14N2O2. The third kappa shape index (κ3) is 3.32. The molecular weight excluding hydrogens is 288 g/mol. The molecule has 0 unspecified atom stereocenters. The fourth-order valence-electron chi connectivity index (χ4n) is 2.45. The number of aliphatic carboxylic acids is 1. The lowest BCUT2D eigenvalue weighted by molar-refractivity contribution is -0.131. The molecule has 0 saturated carbocycles. The number of carbonyl (C=O) groups is 1. The van der Waals surface area contributed by atoms with E-state index in [0.717, 1.165) is 33.9 Å². The van der Waals surface area contributed by atoms with Crippen LogP contribution in [0.15, 0.2) is 73.3 Å². The second kappa shape index (κ2) is 6.66. The van der Waals surface area contributed by atoms with Crippen LogP contribution in [0, 0.1) is 0 Å². The van der Waals surface area contributed by atoms with E-state index in [-0.39, 0.29) is 0 Å². The number of pyridine rings is 2. The summed E-state index contributed by atoms with van der Waals surface area (Å²) in [5.41, 5.74) is 4.55. The van der Waals surface area contributed by atoms with Crippen LogP contribution < -0.4 is 0 Å². The first-order valence-electron chi connectivity index (χ1n) is 7.10. The van der Waals surface area contributed by atoms with Crippen LogP contribution in [0.1, 0.15) is 5.56 Å². The van der Waals surface area contributed by atoms with Crippen LogP contribution in [-0.2, 0) is 4.79 Å². The van der Waals surface area contributed by atoms with E-state index in [1.54, 1.807) is 30.9 Å². The maximum atomic E-state index is 11.0.